The average Bonchev–Trinajstić information content (AvgIpc) is 2.54. The van der Waals surface area contributed by atoms with Gasteiger partial charge in [-0.2, -0.15) is 11.8 Å². The van der Waals surface area contributed by atoms with Gasteiger partial charge < -0.3 is 15.0 Å². The molecule has 0 aromatic heterocycles. The van der Waals surface area contributed by atoms with Crippen molar-refractivity contribution in [2.75, 3.05) is 37.7 Å². The maximum Gasteiger partial charge on any atom is 0.240 e. The first-order chi connectivity index (χ1) is 7.77. The second-order valence-corrected chi connectivity index (χ2v) is 5.55. The van der Waals surface area contributed by atoms with Gasteiger partial charge in [-0.15, -0.1) is 0 Å². The molecule has 5 heteroatoms. The summed E-state index contributed by atoms with van der Waals surface area (Å²) in [5.74, 6) is 2.28. The van der Waals surface area contributed by atoms with Crippen LogP contribution in [0.25, 0.3) is 0 Å². The third kappa shape index (κ3) is 3.12. The monoisotopic (exact) mass is 244 g/mol. The number of hydrogen-bond acceptors (Lipinski definition) is 4. The second-order valence-electron chi connectivity index (χ2n) is 4.40. The van der Waals surface area contributed by atoms with Crippen molar-refractivity contribution in [1.82, 2.24) is 10.2 Å². The molecule has 16 heavy (non-hydrogen) atoms. The highest BCUT2D eigenvalue weighted by Gasteiger charge is 2.27. The van der Waals surface area contributed by atoms with Crippen LogP contribution in [0.3, 0.4) is 0 Å². The largest absolute Gasteiger partial charge is 0.377 e. The van der Waals surface area contributed by atoms with Crippen LogP contribution in [0.15, 0.2) is 0 Å². The zero-order valence-corrected chi connectivity index (χ0v) is 10.6. The predicted molar refractivity (Wildman–Crippen MR) is 65.7 cm³/mol. The van der Waals surface area contributed by atoms with Crippen LogP contribution in [0, 0.1) is 0 Å². The van der Waals surface area contributed by atoms with Crippen molar-refractivity contribution >= 4 is 17.7 Å². The first kappa shape index (κ1) is 12.2. The van der Waals surface area contributed by atoms with Crippen LogP contribution in [-0.2, 0) is 9.53 Å². The molecule has 2 saturated heterocycles. The summed E-state index contributed by atoms with van der Waals surface area (Å²) in [7, 11) is 0. The van der Waals surface area contributed by atoms with Crippen LogP contribution >= 0.6 is 11.8 Å². The number of nitrogens with zero attached hydrogens (tertiary/aromatic N) is 1. The first-order valence-electron chi connectivity index (χ1n) is 5.99. The molecule has 1 N–H and O–H groups in total. The molecule has 0 radical (unpaired) electrons. The van der Waals surface area contributed by atoms with Gasteiger partial charge in [-0.1, -0.05) is 0 Å². The molecule has 2 atom stereocenters. The number of nitrogens with one attached hydrogen (secondary N) is 1. The second kappa shape index (κ2) is 5.89. The van der Waals surface area contributed by atoms with Gasteiger partial charge in [0.25, 0.3) is 0 Å². The first-order valence-corrected chi connectivity index (χ1v) is 7.14. The van der Waals surface area contributed by atoms with E-state index in [1.807, 2.05) is 23.6 Å². The van der Waals surface area contributed by atoms with Crippen molar-refractivity contribution in [3.05, 3.63) is 0 Å². The van der Waals surface area contributed by atoms with Gasteiger partial charge in [-0.25, -0.2) is 0 Å². The molecule has 0 aliphatic carbocycles. The van der Waals surface area contributed by atoms with Gasteiger partial charge in [0.15, 0.2) is 0 Å². The Balaban J connectivity index is 1.91. The van der Waals surface area contributed by atoms with E-state index in [9.17, 15) is 4.79 Å². The molecule has 2 rings (SSSR count). The lowest BCUT2D eigenvalue weighted by Gasteiger charge is -2.29. The summed E-state index contributed by atoms with van der Waals surface area (Å²) in [6, 6.07) is 0.0176. The molecule has 2 heterocycles. The number of thioether (sulfide) groups is 1. The van der Waals surface area contributed by atoms with Crippen molar-refractivity contribution in [1.29, 1.82) is 0 Å². The number of ether oxygens (including phenoxy) is 1. The van der Waals surface area contributed by atoms with Gasteiger partial charge in [-0.05, 0) is 13.3 Å². The lowest BCUT2D eigenvalue weighted by Crippen LogP contribution is -2.51. The molecule has 2 aliphatic heterocycles. The Kier molecular flexibility index (Phi) is 4.49. The third-order valence-corrected chi connectivity index (χ3v) is 4.05. The Bertz CT molecular complexity index is 244. The number of carbonyl (C=O) groups is 1. The smallest absolute Gasteiger partial charge is 0.240 e. The summed E-state index contributed by atoms with van der Waals surface area (Å²) in [5, 5.41) is 3.30. The van der Waals surface area contributed by atoms with Gasteiger partial charge in [0.2, 0.25) is 5.91 Å². The van der Waals surface area contributed by atoms with Gasteiger partial charge in [-0.3, -0.25) is 4.79 Å². The maximum atomic E-state index is 12.2. The molecular formula is C11H20N2O2S. The molecule has 1 amide bonds. The summed E-state index contributed by atoms with van der Waals surface area (Å²) in [6.45, 7) is 5.33. The van der Waals surface area contributed by atoms with Crippen molar-refractivity contribution in [3.8, 4) is 0 Å². The van der Waals surface area contributed by atoms with E-state index in [1.54, 1.807) is 0 Å². The fourth-order valence-electron chi connectivity index (χ4n) is 2.14. The number of hydrogen-bond donors (Lipinski definition) is 1. The fourth-order valence-corrected chi connectivity index (χ4v) is 3.06. The van der Waals surface area contributed by atoms with Crippen LogP contribution in [0.2, 0.25) is 0 Å². The molecule has 2 fully saturated rings. The minimum Gasteiger partial charge on any atom is -0.377 e. The summed E-state index contributed by atoms with van der Waals surface area (Å²) in [4.78, 5) is 14.2. The highest BCUT2D eigenvalue weighted by molar-refractivity contribution is 7.99. The molecular weight excluding hydrogens is 224 g/mol. The Hall–Kier alpha value is -0.260. The summed E-state index contributed by atoms with van der Waals surface area (Å²) in [6.07, 6.45) is 1.12. The number of amides is 1. The Morgan fingerprint density at radius 1 is 1.56 bits per heavy atom. The van der Waals surface area contributed by atoms with E-state index in [0.717, 1.165) is 44.2 Å². The zero-order valence-electron chi connectivity index (χ0n) is 9.78. The summed E-state index contributed by atoms with van der Waals surface area (Å²) < 4.78 is 5.55. The molecule has 0 bridgehead atoms. The number of carbonyl (C=O) groups excluding carboxylic acids is 1. The van der Waals surface area contributed by atoms with E-state index in [1.165, 1.54) is 0 Å². The van der Waals surface area contributed by atoms with Crippen LogP contribution in [0.1, 0.15) is 13.3 Å². The van der Waals surface area contributed by atoms with E-state index >= 15 is 0 Å². The standard InChI is InChI=1S/C11H20N2O2S/c1-9-7-13(4-2-5-15-9)11(14)10-8-16-6-3-12-10/h9-10,12H,2-8H2,1H3. The highest BCUT2D eigenvalue weighted by atomic mass is 32.2. The average molecular weight is 244 g/mol. The third-order valence-electron chi connectivity index (χ3n) is 2.98. The molecule has 0 aromatic rings. The minimum absolute atomic E-state index is 0.0176. The molecule has 2 unspecified atom stereocenters. The van der Waals surface area contributed by atoms with Gasteiger partial charge in [0, 0.05) is 37.7 Å². The molecule has 0 aromatic carbocycles. The van der Waals surface area contributed by atoms with Crippen molar-refractivity contribution in [2.24, 2.45) is 0 Å². The van der Waals surface area contributed by atoms with E-state index in [0.29, 0.717) is 0 Å². The van der Waals surface area contributed by atoms with Crippen molar-refractivity contribution in [2.45, 2.75) is 25.5 Å². The maximum absolute atomic E-state index is 12.2. The minimum atomic E-state index is 0.0176. The molecule has 92 valence electrons. The van der Waals surface area contributed by atoms with Crippen LogP contribution in [-0.4, -0.2) is 60.7 Å². The Labute approximate surface area is 101 Å². The van der Waals surface area contributed by atoms with Crippen molar-refractivity contribution in [3.63, 3.8) is 0 Å². The van der Waals surface area contributed by atoms with Gasteiger partial charge in [0.1, 0.15) is 0 Å². The van der Waals surface area contributed by atoms with E-state index in [2.05, 4.69) is 5.32 Å². The van der Waals surface area contributed by atoms with Crippen LogP contribution < -0.4 is 5.32 Å². The lowest BCUT2D eigenvalue weighted by atomic mass is 10.2. The quantitative estimate of drug-likeness (QED) is 0.722. The van der Waals surface area contributed by atoms with Gasteiger partial charge in [0.05, 0.1) is 12.1 Å². The topological polar surface area (TPSA) is 41.6 Å². The van der Waals surface area contributed by atoms with E-state index in [4.69, 9.17) is 4.74 Å². The normalized spacial score (nSPS) is 32.2. The predicted octanol–water partition coefficient (Wildman–Crippen LogP) is 0.329. The fraction of sp³-hybridized carbons (Fsp3) is 0.909. The van der Waals surface area contributed by atoms with E-state index < -0.39 is 0 Å². The van der Waals surface area contributed by atoms with Crippen molar-refractivity contribution < 1.29 is 9.53 Å². The zero-order chi connectivity index (χ0) is 11.4. The molecule has 0 saturated carbocycles. The number of rotatable bonds is 1. The summed E-state index contributed by atoms with van der Waals surface area (Å²) in [5.41, 5.74) is 0. The molecule has 4 nitrogen and oxygen atoms in total. The Morgan fingerprint density at radius 3 is 3.19 bits per heavy atom. The SMILES string of the molecule is CC1CN(C(=O)C2CSCCN2)CCCO1. The molecule has 2 aliphatic rings. The molecule has 0 spiro atoms. The van der Waals surface area contributed by atoms with E-state index in [-0.39, 0.29) is 18.1 Å². The lowest BCUT2D eigenvalue weighted by molar-refractivity contribution is -0.133. The summed E-state index contributed by atoms with van der Waals surface area (Å²) >= 11 is 1.86. The Morgan fingerprint density at radius 2 is 2.44 bits per heavy atom. The van der Waals surface area contributed by atoms with Crippen LogP contribution in [0.4, 0.5) is 0 Å². The van der Waals surface area contributed by atoms with Gasteiger partial charge >= 0.3 is 0 Å². The van der Waals surface area contributed by atoms with Crippen LogP contribution in [0.5, 0.6) is 0 Å². The highest BCUT2D eigenvalue weighted by Crippen LogP contribution is 2.12.